The first-order chi connectivity index (χ1) is 17.3. The minimum atomic E-state index is -4.65. The van der Waals surface area contributed by atoms with Crippen molar-refractivity contribution in [3.05, 3.63) is 36.0 Å². The molecule has 9 nitrogen and oxygen atoms in total. The zero-order valence-corrected chi connectivity index (χ0v) is 21.4. The van der Waals surface area contributed by atoms with E-state index in [1.54, 1.807) is 48.0 Å². The van der Waals surface area contributed by atoms with Crippen molar-refractivity contribution in [1.82, 2.24) is 20.2 Å². The molecule has 0 spiro atoms. The van der Waals surface area contributed by atoms with Gasteiger partial charge in [-0.25, -0.2) is 9.78 Å². The van der Waals surface area contributed by atoms with Crippen LogP contribution in [0.3, 0.4) is 0 Å². The van der Waals surface area contributed by atoms with E-state index in [4.69, 9.17) is 0 Å². The van der Waals surface area contributed by atoms with Crippen LogP contribution >= 0.6 is 0 Å². The molecule has 202 valence electrons. The Hall–Kier alpha value is -3.12. The lowest BCUT2D eigenvalue weighted by atomic mass is 9.91. The average molecular weight is 522 g/mol. The number of urea groups is 1. The van der Waals surface area contributed by atoms with E-state index >= 15 is 0 Å². The Morgan fingerprint density at radius 3 is 2.43 bits per heavy atom. The summed E-state index contributed by atoms with van der Waals surface area (Å²) in [5, 5.41) is 20.0. The first-order valence-corrected chi connectivity index (χ1v) is 12.5. The van der Waals surface area contributed by atoms with Gasteiger partial charge in [0.25, 0.3) is 0 Å². The number of aliphatic hydroxyl groups is 1. The molecule has 2 fully saturated rings. The van der Waals surface area contributed by atoms with Gasteiger partial charge in [0.05, 0.1) is 0 Å². The Labute approximate surface area is 214 Å². The summed E-state index contributed by atoms with van der Waals surface area (Å²) in [4.78, 5) is 23.6. The van der Waals surface area contributed by atoms with Gasteiger partial charge >= 0.3 is 12.2 Å². The molecule has 1 unspecified atom stereocenters. The highest BCUT2D eigenvalue weighted by atomic mass is 19.4. The normalized spacial score (nSPS) is 22.0. The van der Waals surface area contributed by atoms with Crippen molar-refractivity contribution >= 4 is 29.2 Å². The van der Waals surface area contributed by atoms with Crippen molar-refractivity contribution < 1.29 is 23.1 Å². The van der Waals surface area contributed by atoms with Gasteiger partial charge in [-0.3, -0.25) is 10.2 Å². The number of aromatic nitrogens is 2. The number of carbonyl (C=O) groups is 1. The van der Waals surface area contributed by atoms with Gasteiger partial charge in [0.15, 0.2) is 0 Å². The summed E-state index contributed by atoms with van der Waals surface area (Å²) in [7, 11) is 1.74. The van der Waals surface area contributed by atoms with Crippen molar-refractivity contribution in [3.8, 4) is 0 Å². The van der Waals surface area contributed by atoms with Crippen LogP contribution in [0.25, 0.3) is 0 Å². The van der Waals surface area contributed by atoms with E-state index in [9.17, 15) is 23.1 Å². The predicted molar refractivity (Wildman–Crippen MR) is 136 cm³/mol. The number of nitrogens with zero attached hydrogens (tertiary/aromatic N) is 4. The Morgan fingerprint density at radius 2 is 1.84 bits per heavy atom. The average Bonchev–Trinajstić information content (AvgIpc) is 3.40. The fourth-order valence-corrected chi connectivity index (χ4v) is 5.17. The molecule has 0 bridgehead atoms. The van der Waals surface area contributed by atoms with E-state index in [2.05, 4.69) is 25.9 Å². The standard InChI is InChI=1S/C25H34F3N7O2/c1-15(2)33-24(3,37)18-6-5-7-20(18)31-21-19(25(26,27)28)14-29-22(32-21)30-16-8-10-17(11-9-16)35-13-12-34(4)23(35)36/h8-11,14-15,18,20,33,37H,5-7,12-13H2,1-4H3,(H2,29,30,31,32)/t18-,20+,24?/m0/s1. The van der Waals surface area contributed by atoms with Gasteiger partial charge in [-0.1, -0.05) is 6.42 Å². The zero-order valence-electron chi connectivity index (χ0n) is 21.4. The first-order valence-electron chi connectivity index (χ1n) is 12.5. The van der Waals surface area contributed by atoms with Crippen LogP contribution in [0, 0.1) is 5.92 Å². The fourth-order valence-electron chi connectivity index (χ4n) is 5.17. The van der Waals surface area contributed by atoms with Crippen LogP contribution in [-0.2, 0) is 6.18 Å². The minimum Gasteiger partial charge on any atom is -0.376 e. The van der Waals surface area contributed by atoms with Crippen LogP contribution in [0.4, 0.5) is 41.1 Å². The molecule has 0 radical (unpaired) electrons. The molecule has 2 aliphatic rings. The van der Waals surface area contributed by atoms with Gasteiger partial charge in [0, 0.05) is 55.7 Å². The van der Waals surface area contributed by atoms with Crippen molar-refractivity contribution in [2.45, 2.75) is 64.0 Å². The number of hydrogen-bond donors (Lipinski definition) is 4. The fraction of sp³-hybridized carbons (Fsp3) is 0.560. The van der Waals surface area contributed by atoms with Gasteiger partial charge in [-0.2, -0.15) is 18.2 Å². The lowest BCUT2D eigenvalue weighted by Gasteiger charge is -2.37. The number of halogens is 3. The highest BCUT2D eigenvalue weighted by molar-refractivity contribution is 5.94. The SMILES string of the molecule is CC(C)NC(C)(O)[C@H]1CCC[C@H]1Nc1nc(Nc2ccc(N3CCN(C)C3=O)cc2)ncc1C(F)(F)F. The maximum atomic E-state index is 13.8. The quantitative estimate of drug-likeness (QED) is 0.382. The van der Waals surface area contributed by atoms with Crippen LogP contribution in [0.15, 0.2) is 30.5 Å². The number of amides is 2. The summed E-state index contributed by atoms with van der Waals surface area (Å²) < 4.78 is 41.4. The molecular weight excluding hydrogens is 487 g/mol. The number of hydrogen-bond acceptors (Lipinski definition) is 7. The topological polar surface area (TPSA) is 106 Å². The summed E-state index contributed by atoms with van der Waals surface area (Å²) in [6, 6.07) is 6.47. The second-order valence-electron chi connectivity index (χ2n) is 10.2. The van der Waals surface area contributed by atoms with Crippen LogP contribution in [-0.4, -0.2) is 64.0 Å². The Balaban J connectivity index is 1.54. The lowest BCUT2D eigenvalue weighted by molar-refractivity contribution is -0.137. The molecule has 2 amide bonds. The van der Waals surface area contributed by atoms with Crippen molar-refractivity contribution in [1.29, 1.82) is 0 Å². The minimum absolute atomic E-state index is 0.00171. The molecule has 4 N–H and O–H groups in total. The second-order valence-corrected chi connectivity index (χ2v) is 10.2. The lowest BCUT2D eigenvalue weighted by Crippen LogP contribution is -2.55. The highest BCUT2D eigenvalue weighted by Gasteiger charge is 2.43. The molecule has 2 aromatic rings. The van der Waals surface area contributed by atoms with Gasteiger partial charge in [0.1, 0.15) is 17.1 Å². The van der Waals surface area contributed by atoms with Gasteiger partial charge in [-0.05, 0) is 57.9 Å². The second kappa shape index (κ2) is 10.3. The summed E-state index contributed by atoms with van der Waals surface area (Å²) >= 11 is 0. The van der Waals surface area contributed by atoms with Crippen LogP contribution in [0.1, 0.15) is 45.6 Å². The van der Waals surface area contributed by atoms with E-state index in [0.717, 1.165) is 18.3 Å². The molecule has 1 aliphatic carbocycles. The summed E-state index contributed by atoms with van der Waals surface area (Å²) in [6.07, 6.45) is -1.83. The van der Waals surface area contributed by atoms with E-state index in [1.807, 2.05) is 13.8 Å². The molecule has 37 heavy (non-hydrogen) atoms. The van der Waals surface area contributed by atoms with Gasteiger partial charge in [-0.15, -0.1) is 0 Å². The highest BCUT2D eigenvalue weighted by Crippen LogP contribution is 2.39. The third kappa shape index (κ3) is 6.07. The van der Waals surface area contributed by atoms with Crippen molar-refractivity contribution in [2.75, 3.05) is 35.7 Å². The smallest absolute Gasteiger partial charge is 0.376 e. The summed E-state index contributed by atoms with van der Waals surface area (Å²) in [6.45, 7) is 6.69. The number of benzene rings is 1. The molecule has 1 saturated carbocycles. The Kier molecular flexibility index (Phi) is 7.52. The number of anilines is 4. The molecule has 3 atom stereocenters. The largest absolute Gasteiger partial charge is 0.421 e. The van der Waals surface area contributed by atoms with E-state index in [1.165, 1.54) is 0 Å². The maximum Gasteiger partial charge on any atom is 0.421 e. The molecule has 1 saturated heterocycles. The molecule has 1 aliphatic heterocycles. The first kappa shape index (κ1) is 26.9. The predicted octanol–water partition coefficient (Wildman–Crippen LogP) is 4.40. The van der Waals surface area contributed by atoms with E-state index < -0.39 is 23.5 Å². The van der Waals surface area contributed by atoms with Crippen LogP contribution in [0.2, 0.25) is 0 Å². The number of alkyl halides is 3. The van der Waals surface area contributed by atoms with Crippen LogP contribution < -0.4 is 20.9 Å². The van der Waals surface area contributed by atoms with Crippen molar-refractivity contribution in [3.63, 3.8) is 0 Å². The zero-order chi connectivity index (χ0) is 27.0. The number of likely N-dealkylation sites (N-methyl/N-ethyl adjacent to an activating group) is 1. The number of rotatable bonds is 8. The molecule has 1 aromatic carbocycles. The van der Waals surface area contributed by atoms with Gasteiger partial charge in [0.2, 0.25) is 5.95 Å². The molecule has 4 rings (SSSR count). The molecule has 12 heteroatoms. The van der Waals surface area contributed by atoms with Gasteiger partial charge < -0.3 is 20.6 Å². The van der Waals surface area contributed by atoms with E-state index in [0.29, 0.717) is 31.6 Å². The van der Waals surface area contributed by atoms with E-state index in [-0.39, 0.29) is 29.8 Å². The van der Waals surface area contributed by atoms with Crippen molar-refractivity contribution in [2.24, 2.45) is 5.92 Å². The molecule has 1 aromatic heterocycles. The maximum absolute atomic E-state index is 13.8. The van der Waals surface area contributed by atoms with Crippen LogP contribution in [0.5, 0.6) is 0 Å². The summed E-state index contributed by atoms with van der Waals surface area (Å²) in [5.41, 5.74) is -0.920. The number of nitrogens with one attached hydrogen (secondary N) is 3. The third-order valence-electron chi connectivity index (χ3n) is 6.89. The Bertz CT molecular complexity index is 1110. The molecule has 2 heterocycles. The Morgan fingerprint density at radius 1 is 1.14 bits per heavy atom. The third-order valence-corrected chi connectivity index (χ3v) is 6.89. The number of carbonyl (C=O) groups excluding carboxylic acids is 1. The monoisotopic (exact) mass is 521 g/mol. The molecular formula is C25H34F3N7O2. The summed E-state index contributed by atoms with van der Waals surface area (Å²) in [5.74, 6) is -0.631.